The number of urea groups is 1. The van der Waals surface area contributed by atoms with Crippen LogP contribution in [0, 0.1) is 0 Å². The van der Waals surface area contributed by atoms with E-state index in [4.69, 9.17) is 9.47 Å². The van der Waals surface area contributed by atoms with Crippen molar-refractivity contribution in [2.24, 2.45) is 0 Å². The maximum atomic E-state index is 11.9. The van der Waals surface area contributed by atoms with Crippen LogP contribution in [0.25, 0.3) is 0 Å². The molecule has 2 aromatic carbocycles. The van der Waals surface area contributed by atoms with Gasteiger partial charge in [0.15, 0.2) is 11.5 Å². The predicted molar refractivity (Wildman–Crippen MR) is 82.1 cm³/mol. The van der Waals surface area contributed by atoms with Gasteiger partial charge >= 0.3 is 6.03 Å². The van der Waals surface area contributed by atoms with Crippen LogP contribution < -0.4 is 20.1 Å². The average molecular weight is 302 g/mol. The highest BCUT2D eigenvalue weighted by Crippen LogP contribution is 2.32. The molecule has 6 heteroatoms. The van der Waals surface area contributed by atoms with Crippen LogP contribution in [-0.2, 0) is 6.54 Å². The van der Waals surface area contributed by atoms with Gasteiger partial charge in [-0.2, -0.15) is 0 Å². The number of para-hydroxylation sites is 1. The van der Waals surface area contributed by atoms with Crippen molar-refractivity contribution in [3.05, 3.63) is 48.0 Å². The number of amides is 2. The maximum absolute atomic E-state index is 11.9. The van der Waals surface area contributed by atoms with E-state index in [0.717, 1.165) is 16.2 Å². The van der Waals surface area contributed by atoms with Crippen LogP contribution >= 0.6 is 12.6 Å². The number of anilines is 1. The zero-order valence-corrected chi connectivity index (χ0v) is 12.0. The van der Waals surface area contributed by atoms with E-state index in [1.54, 1.807) is 6.07 Å². The average Bonchev–Trinajstić information content (AvgIpc) is 2.95. The fraction of sp³-hybridized carbons (Fsp3) is 0.133. The van der Waals surface area contributed by atoms with E-state index >= 15 is 0 Å². The summed E-state index contributed by atoms with van der Waals surface area (Å²) in [6.45, 7) is 0.642. The molecule has 0 fully saturated rings. The number of thiol groups is 1. The van der Waals surface area contributed by atoms with Crippen LogP contribution in [0.4, 0.5) is 10.5 Å². The van der Waals surface area contributed by atoms with E-state index in [2.05, 4.69) is 23.3 Å². The van der Waals surface area contributed by atoms with E-state index in [1.165, 1.54) is 0 Å². The van der Waals surface area contributed by atoms with Crippen molar-refractivity contribution in [1.82, 2.24) is 5.32 Å². The number of fused-ring (bicyclic) bond motifs is 1. The van der Waals surface area contributed by atoms with Crippen molar-refractivity contribution >= 4 is 24.3 Å². The summed E-state index contributed by atoms with van der Waals surface area (Å²) in [6.07, 6.45) is 0. The minimum atomic E-state index is -0.283. The topological polar surface area (TPSA) is 59.6 Å². The smallest absolute Gasteiger partial charge is 0.319 e. The Morgan fingerprint density at radius 1 is 1.14 bits per heavy atom. The van der Waals surface area contributed by atoms with Gasteiger partial charge < -0.3 is 20.1 Å². The number of carbonyl (C=O) groups is 1. The maximum Gasteiger partial charge on any atom is 0.319 e. The number of nitrogens with one attached hydrogen (secondary N) is 2. The third-order valence-electron chi connectivity index (χ3n) is 3.04. The third-order valence-corrected chi connectivity index (χ3v) is 3.43. The molecule has 2 aromatic rings. The van der Waals surface area contributed by atoms with Gasteiger partial charge in [0.25, 0.3) is 0 Å². The lowest BCUT2D eigenvalue weighted by Crippen LogP contribution is -2.28. The summed E-state index contributed by atoms with van der Waals surface area (Å²) in [5.74, 6) is 1.43. The minimum Gasteiger partial charge on any atom is -0.454 e. The molecule has 0 unspecified atom stereocenters. The van der Waals surface area contributed by atoms with E-state index in [-0.39, 0.29) is 12.8 Å². The van der Waals surface area contributed by atoms with Crippen LogP contribution in [-0.4, -0.2) is 12.8 Å². The molecule has 3 rings (SSSR count). The summed E-state index contributed by atoms with van der Waals surface area (Å²) in [5, 5.41) is 5.54. The lowest BCUT2D eigenvalue weighted by atomic mass is 10.2. The van der Waals surface area contributed by atoms with Gasteiger partial charge in [-0.05, 0) is 29.8 Å². The largest absolute Gasteiger partial charge is 0.454 e. The van der Waals surface area contributed by atoms with E-state index < -0.39 is 0 Å². The Labute approximate surface area is 127 Å². The van der Waals surface area contributed by atoms with Gasteiger partial charge in [-0.3, -0.25) is 0 Å². The van der Waals surface area contributed by atoms with Gasteiger partial charge in [0, 0.05) is 11.4 Å². The molecule has 0 radical (unpaired) electrons. The Balaban J connectivity index is 1.58. The fourth-order valence-corrected chi connectivity index (χ4v) is 2.20. The lowest BCUT2D eigenvalue weighted by Gasteiger charge is -2.09. The first-order valence-corrected chi connectivity index (χ1v) is 6.88. The minimum absolute atomic E-state index is 0.241. The van der Waals surface area contributed by atoms with Crippen LogP contribution in [0.3, 0.4) is 0 Å². The number of hydrogen-bond donors (Lipinski definition) is 3. The first kappa shape index (κ1) is 13.6. The molecule has 1 heterocycles. The SMILES string of the molecule is O=C(NCc1ccc2c(c1)OCO2)Nc1ccccc1S. The van der Waals surface area contributed by atoms with Gasteiger partial charge in [0.1, 0.15) is 0 Å². The molecule has 21 heavy (non-hydrogen) atoms. The normalized spacial score (nSPS) is 12.0. The predicted octanol–water partition coefficient (Wildman–Crippen LogP) is 3.03. The molecule has 108 valence electrons. The molecule has 0 saturated carbocycles. The number of benzene rings is 2. The number of hydrogen-bond acceptors (Lipinski definition) is 4. The van der Waals surface area contributed by atoms with Crippen LogP contribution in [0.15, 0.2) is 47.4 Å². The van der Waals surface area contributed by atoms with E-state index in [0.29, 0.717) is 18.0 Å². The third kappa shape index (κ3) is 3.22. The van der Waals surface area contributed by atoms with Gasteiger partial charge in [-0.25, -0.2) is 4.79 Å². The molecule has 0 spiro atoms. The highest BCUT2D eigenvalue weighted by molar-refractivity contribution is 7.80. The Bertz CT molecular complexity index is 676. The first-order valence-electron chi connectivity index (χ1n) is 6.44. The molecule has 0 bridgehead atoms. The van der Waals surface area contributed by atoms with Crippen molar-refractivity contribution in [3.8, 4) is 11.5 Å². The van der Waals surface area contributed by atoms with Crippen LogP contribution in [0.2, 0.25) is 0 Å². The van der Waals surface area contributed by atoms with E-state index in [9.17, 15) is 4.79 Å². The second kappa shape index (κ2) is 5.97. The quantitative estimate of drug-likeness (QED) is 0.764. The second-order valence-electron chi connectivity index (χ2n) is 4.51. The summed E-state index contributed by atoms with van der Waals surface area (Å²) in [4.78, 5) is 12.6. The van der Waals surface area contributed by atoms with Crippen molar-refractivity contribution in [3.63, 3.8) is 0 Å². The Hall–Kier alpha value is -2.34. The van der Waals surface area contributed by atoms with Crippen molar-refractivity contribution < 1.29 is 14.3 Å². The van der Waals surface area contributed by atoms with Gasteiger partial charge in [0.2, 0.25) is 6.79 Å². The molecule has 1 aliphatic rings. The standard InChI is InChI=1S/C15H14N2O3S/c18-15(17-11-3-1-2-4-14(11)21)16-8-10-5-6-12-13(7-10)20-9-19-12/h1-7,21H,8-9H2,(H2,16,17,18). The van der Waals surface area contributed by atoms with Gasteiger partial charge in [0.05, 0.1) is 5.69 Å². The first-order chi connectivity index (χ1) is 10.2. The molecular formula is C15H14N2O3S. The fourth-order valence-electron chi connectivity index (χ4n) is 1.98. The highest BCUT2D eigenvalue weighted by atomic mass is 32.1. The van der Waals surface area contributed by atoms with E-state index in [1.807, 2.05) is 36.4 Å². The monoisotopic (exact) mass is 302 g/mol. The lowest BCUT2D eigenvalue weighted by molar-refractivity contribution is 0.174. The zero-order valence-electron chi connectivity index (χ0n) is 11.1. The Morgan fingerprint density at radius 2 is 1.95 bits per heavy atom. The second-order valence-corrected chi connectivity index (χ2v) is 4.99. The molecular weight excluding hydrogens is 288 g/mol. The zero-order chi connectivity index (χ0) is 14.7. The summed E-state index contributed by atoms with van der Waals surface area (Å²) < 4.78 is 10.5. The molecule has 0 atom stereocenters. The molecule has 0 aromatic heterocycles. The van der Waals surface area contributed by atoms with Crippen molar-refractivity contribution in [1.29, 1.82) is 0 Å². The van der Waals surface area contributed by atoms with Crippen LogP contribution in [0.1, 0.15) is 5.56 Å². The number of rotatable bonds is 3. The Morgan fingerprint density at radius 3 is 2.81 bits per heavy atom. The van der Waals surface area contributed by atoms with Crippen molar-refractivity contribution in [2.75, 3.05) is 12.1 Å². The highest BCUT2D eigenvalue weighted by Gasteiger charge is 2.13. The van der Waals surface area contributed by atoms with Crippen molar-refractivity contribution in [2.45, 2.75) is 11.4 Å². The molecule has 0 saturated heterocycles. The summed E-state index contributed by atoms with van der Waals surface area (Å²) in [5.41, 5.74) is 1.61. The molecule has 2 N–H and O–H groups in total. The summed E-state index contributed by atoms with van der Waals surface area (Å²) in [7, 11) is 0. The molecule has 1 aliphatic heterocycles. The summed E-state index contributed by atoms with van der Waals surface area (Å²) in [6, 6.07) is 12.6. The van der Waals surface area contributed by atoms with Gasteiger partial charge in [-0.15, -0.1) is 12.6 Å². The molecule has 5 nitrogen and oxygen atoms in total. The number of carbonyl (C=O) groups excluding carboxylic acids is 1. The summed E-state index contributed by atoms with van der Waals surface area (Å²) >= 11 is 4.28. The van der Waals surface area contributed by atoms with Gasteiger partial charge in [-0.1, -0.05) is 18.2 Å². The van der Waals surface area contributed by atoms with Crippen LogP contribution in [0.5, 0.6) is 11.5 Å². The number of ether oxygens (including phenoxy) is 2. The Kier molecular flexibility index (Phi) is 3.87. The molecule has 2 amide bonds. The molecule has 0 aliphatic carbocycles.